The predicted molar refractivity (Wildman–Crippen MR) is 194 cm³/mol. The van der Waals surface area contributed by atoms with E-state index in [0.29, 0.717) is 53.8 Å². The van der Waals surface area contributed by atoms with Gasteiger partial charge in [0.1, 0.15) is 12.2 Å². The van der Waals surface area contributed by atoms with Crippen molar-refractivity contribution in [2.24, 2.45) is 69.0 Å². The van der Waals surface area contributed by atoms with Crippen molar-refractivity contribution in [3.8, 4) is 0 Å². The lowest BCUT2D eigenvalue weighted by molar-refractivity contribution is -0.122. The molecule has 6 saturated carbocycles. The quantitative estimate of drug-likeness (QED) is 0.213. The number of ketones is 1. The lowest BCUT2D eigenvalue weighted by atomic mass is 9.45. The largest absolute Gasteiger partial charge is 0.511 e. The molecule has 0 spiro atoms. The van der Waals surface area contributed by atoms with E-state index in [9.17, 15) is 14.4 Å². The number of hydrogen-bond donors (Lipinski definition) is 0. The van der Waals surface area contributed by atoms with Crippen LogP contribution in [0.3, 0.4) is 0 Å². The minimum Gasteiger partial charge on any atom is -0.430 e. The zero-order valence-corrected chi connectivity index (χ0v) is 32.1. The van der Waals surface area contributed by atoms with E-state index in [0.717, 1.165) is 77.0 Å². The first-order valence-electron chi connectivity index (χ1n) is 20.5. The third-order valence-corrected chi connectivity index (χ3v) is 17.4. The van der Waals surface area contributed by atoms with Crippen LogP contribution in [-0.2, 0) is 23.7 Å². The standard InChI is InChI=1S/C44H62O7/c1-25-12-16-41(4)28(20-25)21-26(2)37-31-8-10-35(43(31,6)18-14-33(37)41)50-39(46)48-24-49-40(47)51-36-11-9-32-38-27(3)22-29-23-30(45)13-17-42(29,5)34(38)15-19-44(32,36)7/h20,23,26-27,31-38H,1,8-19,21-22,24H2,2-7H3/t26-,27-,31?,32?,33?,34?,35+,36+,37?,38?,41+,42+,43+,44+/m1/s1. The second kappa shape index (κ2) is 12.5. The summed E-state index contributed by atoms with van der Waals surface area (Å²) < 4.78 is 22.7. The number of hydrogen-bond acceptors (Lipinski definition) is 7. The van der Waals surface area contributed by atoms with Crippen molar-refractivity contribution in [2.75, 3.05) is 6.79 Å². The molecule has 8 aliphatic carbocycles. The Kier molecular flexibility index (Phi) is 8.69. The Morgan fingerprint density at radius 2 is 1.14 bits per heavy atom. The van der Waals surface area contributed by atoms with Gasteiger partial charge in [0, 0.05) is 17.3 Å². The monoisotopic (exact) mass is 702 g/mol. The van der Waals surface area contributed by atoms with Gasteiger partial charge < -0.3 is 18.9 Å². The van der Waals surface area contributed by atoms with Crippen molar-refractivity contribution in [2.45, 2.75) is 144 Å². The summed E-state index contributed by atoms with van der Waals surface area (Å²) in [6.45, 7) is 18.1. The number of carbonyl (C=O) groups is 3. The van der Waals surface area contributed by atoms with Gasteiger partial charge in [-0.05, 0) is 148 Å². The Morgan fingerprint density at radius 3 is 1.65 bits per heavy atom. The Morgan fingerprint density at radius 1 is 0.667 bits per heavy atom. The molecule has 8 aliphatic rings. The van der Waals surface area contributed by atoms with E-state index in [1.54, 1.807) is 5.57 Å². The van der Waals surface area contributed by atoms with Crippen LogP contribution in [0.1, 0.15) is 131 Å². The molecule has 7 heteroatoms. The van der Waals surface area contributed by atoms with Crippen LogP contribution in [0.4, 0.5) is 9.59 Å². The van der Waals surface area contributed by atoms with E-state index in [1.807, 2.05) is 6.08 Å². The first kappa shape index (κ1) is 35.5. The first-order valence-corrected chi connectivity index (χ1v) is 20.5. The molecule has 51 heavy (non-hydrogen) atoms. The third-order valence-electron chi connectivity index (χ3n) is 17.4. The number of fused-ring (bicyclic) bond motifs is 10. The van der Waals surface area contributed by atoms with E-state index in [4.69, 9.17) is 18.9 Å². The average Bonchev–Trinajstić information content (AvgIpc) is 3.58. The van der Waals surface area contributed by atoms with Gasteiger partial charge in [-0.25, -0.2) is 9.59 Å². The summed E-state index contributed by atoms with van der Waals surface area (Å²) in [6.07, 6.45) is 16.5. The summed E-state index contributed by atoms with van der Waals surface area (Å²) in [5.74, 6) is 4.80. The van der Waals surface area contributed by atoms with Crippen molar-refractivity contribution >= 4 is 18.1 Å². The lowest BCUT2D eigenvalue weighted by Gasteiger charge is -2.60. The SMILES string of the molecule is C=C1C=C2C[C@@H](C)C3C(CC[C@@]4(C)C3CC[C@@H]4OC(=O)OCOC(=O)O[C@H]3CCC4C5C(CC[C@@]43C)[C@@]3(C)CCC(=O)C=C3C[C@H]5C)[C@@]2(C)CC1. The maximum absolute atomic E-state index is 13.0. The number of carbonyl (C=O) groups excluding carboxylic acids is 3. The fraction of sp³-hybridized carbons (Fsp3) is 0.795. The highest BCUT2D eigenvalue weighted by Crippen LogP contribution is 2.68. The average molecular weight is 703 g/mol. The summed E-state index contributed by atoms with van der Waals surface area (Å²) in [4.78, 5) is 38.3. The Balaban J connectivity index is 0.837. The molecule has 0 N–H and O–H groups in total. The van der Waals surface area contributed by atoms with Crippen molar-refractivity contribution in [3.63, 3.8) is 0 Å². The minimum atomic E-state index is -0.776. The van der Waals surface area contributed by atoms with E-state index >= 15 is 0 Å². The molecule has 14 atom stereocenters. The molecule has 0 saturated heterocycles. The smallest absolute Gasteiger partial charge is 0.430 e. The topological polar surface area (TPSA) is 88.1 Å². The van der Waals surface area contributed by atoms with Crippen LogP contribution in [-0.4, -0.2) is 37.1 Å². The predicted octanol–water partition coefficient (Wildman–Crippen LogP) is 10.5. The highest BCUT2D eigenvalue weighted by atomic mass is 16.8. The summed E-state index contributed by atoms with van der Waals surface area (Å²) in [7, 11) is 0. The molecule has 0 heterocycles. The third kappa shape index (κ3) is 5.50. The van der Waals surface area contributed by atoms with Gasteiger partial charge >= 0.3 is 12.3 Å². The van der Waals surface area contributed by atoms with Crippen LogP contribution < -0.4 is 0 Å². The maximum atomic E-state index is 13.0. The fourth-order valence-electron chi connectivity index (χ4n) is 14.6. The van der Waals surface area contributed by atoms with Crippen LogP contribution in [0.25, 0.3) is 0 Å². The Hall–Kier alpha value is -2.57. The highest BCUT2D eigenvalue weighted by molar-refractivity contribution is 5.91. The molecule has 0 aromatic heterocycles. The van der Waals surface area contributed by atoms with Gasteiger partial charge in [-0.15, -0.1) is 0 Å². The summed E-state index contributed by atoms with van der Waals surface area (Å²) in [5.41, 5.74) is 4.44. The molecule has 0 amide bonds. The molecular formula is C44H62O7. The molecule has 0 aromatic rings. The molecule has 0 radical (unpaired) electrons. The van der Waals surface area contributed by atoms with Crippen molar-refractivity contribution < 1.29 is 33.3 Å². The molecule has 8 rings (SSSR count). The van der Waals surface area contributed by atoms with Gasteiger partial charge in [-0.3, -0.25) is 4.79 Å². The van der Waals surface area contributed by atoms with Crippen LogP contribution in [0, 0.1) is 69.0 Å². The van der Waals surface area contributed by atoms with Gasteiger partial charge in [0.25, 0.3) is 0 Å². The fourth-order valence-corrected chi connectivity index (χ4v) is 14.6. The van der Waals surface area contributed by atoms with Crippen LogP contribution in [0.5, 0.6) is 0 Å². The van der Waals surface area contributed by atoms with Crippen molar-refractivity contribution in [1.82, 2.24) is 0 Å². The molecule has 0 aromatic carbocycles. The van der Waals surface area contributed by atoms with Crippen molar-refractivity contribution in [3.05, 3.63) is 35.5 Å². The summed E-state index contributed by atoms with van der Waals surface area (Å²) in [5, 5.41) is 0. The number of rotatable bonds is 4. The minimum absolute atomic E-state index is 0.0724. The Bertz CT molecular complexity index is 1430. The number of allylic oxidation sites excluding steroid dienone is 4. The zero-order valence-electron chi connectivity index (χ0n) is 32.1. The molecule has 6 fully saturated rings. The zero-order chi connectivity index (χ0) is 36.1. The lowest BCUT2D eigenvalue weighted by Crippen LogP contribution is -2.54. The van der Waals surface area contributed by atoms with E-state index in [2.05, 4.69) is 54.2 Å². The second-order valence-corrected chi connectivity index (χ2v) is 19.6. The van der Waals surface area contributed by atoms with Crippen LogP contribution >= 0.6 is 0 Å². The number of ether oxygens (including phenoxy) is 4. The van der Waals surface area contributed by atoms with Crippen LogP contribution in [0.2, 0.25) is 0 Å². The molecule has 280 valence electrons. The summed E-state index contributed by atoms with van der Waals surface area (Å²) in [6, 6.07) is 0. The second-order valence-electron chi connectivity index (χ2n) is 19.6. The first-order chi connectivity index (χ1) is 24.2. The molecule has 0 bridgehead atoms. The van der Waals surface area contributed by atoms with Gasteiger partial charge in [0.15, 0.2) is 5.78 Å². The molecule has 6 unspecified atom stereocenters. The molecule has 0 aliphatic heterocycles. The van der Waals surface area contributed by atoms with Gasteiger partial charge in [0.05, 0.1) is 0 Å². The van der Waals surface area contributed by atoms with Crippen LogP contribution in [0.15, 0.2) is 35.5 Å². The summed E-state index contributed by atoms with van der Waals surface area (Å²) >= 11 is 0. The van der Waals surface area contributed by atoms with Gasteiger partial charge in [0.2, 0.25) is 6.79 Å². The normalized spacial score (nSPS) is 48.4. The molecular weight excluding hydrogens is 640 g/mol. The van der Waals surface area contributed by atoms with E-state index in [-0.39, 0.29) is 39.7 Å². The highest BCUT2D eigenvalue weighted by Gasteiger charge is 2.63. The van der Waals surface area contributed by atoms with E-state index in [1.165, 1.54) is 17.6 Å². The maximum Gasteiger partial charge on any atom is 0.511 e. The van der Waals surface area contributed by atoms with Gasteiger partial charge in [-0.1, -0.05) is 70.9 Å². The van der Waals surface area contributed by atoms with E-state index < -0.39 is 19.1 Å². The van der Waals surface area contributed by atoms with Crippen molar-refractivity contribution in [1.29, 1.82) is 0 Å². The molecule has 7 nitrogen and oxygen atoms in total. The van der Waals surface area contributed by atoms with Gasteiger partial charge in [-0.2, -0.15) is 0 Å². The Labute approximate surface area is 305 Å².